The number of benzene rings is 2. The van der Waals surface area contributed by atoms with Crippen LogP contribution < -0.4 is 5.32 Å². The summed E-state index contributed by atoms with van der Waals surface area (Å²) in [6.45, 7) is 0. The summed E-state index contributed by atoms with van der Waals surface area (Å²) in [5.74, 6) is -0.814. The molecule has 0 atom stereocenters. The van der Waals surface area contributed by atoms with Gasteiger partial charge in [-0.25, -0.2) is 4.39 Å². The topological polar surface area (TPSA) is 49.4 Å². The smallest absolute Gasteiger partial charge is 0.253 e. The maximum atomic E-state index is 13.5. The van der Waals surface area contributed by atoms with E-state index in [1.54, 1.807) is 56.6 Å². The highest BCUT2D eigenvalue weighted by molar-refractivity contribution is 5.96. The van der Waals surface area contributed by atoms with E-state index in [1.165, 1.54) is 11.0 Å². The van der Waals surface area contributed by atoms with Gasteiger partial charge in [-0.1, -0.05) is 18.2 Å². The summed E-state index contributed by atoms with van der Waals surface area (Å²) < 4.78 is 13.5. The van der Waals surface area contributed by atoms with Crippen LogP contribution in [0.1, 0.15) is 15.9 Å². The molecule has 0 spiro atoms. The van der Waals surface area contributed by atoms with Crippen LogP contribution in [0.4, 0.5) is 10.1 Å². The van der Waals surface area contributed by atoms with Crippen LogP contribution in [0.2, 0.25) is 0 Å². The summed E-state index contributed by atoms with van der Waals surface area (Å²) in [6.07, 6.45) is -0.0367. The van der Waals surface area contributed by atoms with Crippen molar-refractivity contribution in [2.24, 2.45) is 0 Å². The molecular formula is C17H17FN2O2. The standard InChI is InChI=1S/C17H17FN2O2/c1-20(2)17(22)12-7-9-14(10-8-12)19-16(21)11-13-5-3-4-6-15(13)18/h3-10H,11H2,1-2H3,(H,19,21). The second-order valence-electron chi connectivity index (χ2n) is 5.09. The van der Waals surface area contributed by atoms with E-state index in [0.717, 1.165) is 0 Å². The summed E-state index contributed by atoms with van der Waals surface area (Å²) >= 11 is 0. The molecule has 2 amide bonds. The first-order chi connectivity index (χ1) is 10.5. The molecule has 0 radical (unpaired) electrons. The highest BCUT2D eigenvalue weighted by atomic mass is 19.1. The molecule has 114 valence electrons. The molecule has 0 aliphatic carbocycles. The van der Waals surface area contributed by atoms with E-state index in [4.69, 9.17) is 0 Å². The minimum atomic E-state index is -0.399. The zero-order valence-corrected chi connectivity index (χ0v) is 12.5. The lowest BCUT2D eigenvalue weighted by Gasteiger charge is -2.11. The first-order valence-electron chi connectivity index (χ1n) is 6.82. The van der Waals surface area contributed by atoms with E-state index in [0.29, 0.717) is 16.8 Å². The lowest BCUT2D eigenvalue weighted by molar-refractivity contribution is -0.115. The van der Waals surface area contributed by atoms with E-state index in [1.807, 2.05) is 0 Å². The Kier molecular flexibility index (Phi) is 4.88. The maximum Gasteiger partial charge on any atom is 0.253 e. The molecule has 0 aliphatic rings. The van der Waals surface area contributed by atoms with Gasteiger partial charge < -0.3 is 10.2 Å². The Bertz CT molecular complexity index is 681. The Labute approximate surface area is 128 Å². The summed E-state index contributed by atoms with van der Waals surface area (Å²) in [5.41, 5.74) is 1.45. The third-order valence-corrected chi connectivity index (χ3v) is 3.13. The Morgan fingerprint density at radius 2 is 1.68 bits per heavy atom. The minimum absolute atomic E-state index is 0.0367. The second-order valence-corrected chi connectivity index (χ2v) is 5.09. The van der Waals surface area contributed by atoms with E-state index >= 15 is 0 Å². The van der Waals surface area contributed by atoms with Crippen molar-refractivity contribution < 1.29 is 14.0 Å². The first-order valence-corrected chi connectivity index (χ1v) is 6.82. The van der Waals surface area contributed by atoms with Crippen LogP contribution in [-0.4, -0.2) is 30.8 Å². The van der Waals surface area contributed by atoms with Crippen LogP contribution in [0.25, 0.3) is 0 Å². The zero-order valence-electron chi connectivity index (χ0n) is 12.5. The number of hydrogen-bond donors (Lipinski definition) is 1. The number of hydrogen-bond acceptors (Lipinski definition) is 2. The van der Waals surface area contributed by atoms with Gasteiger partial charge in [0.05, 0.1) is 6.42 Å². The van der Waals surface area contributed by atoms with Crippen molar-refractivity contribution in [2.75, 3.05) is 19.4 Å². The van der Waals surface area contributed by atoms with Gasteiger partial charge >= 0.3 is 0 Å². The fraction of sp³-hybridized carbons (Fsp3) is 0.176. The van der Waals surface area contributed by atoms with Crippen molar-refractivity contribution in [3.8, 4) is 0 Å². The van der Waals surface area contributed by atoms with Crippen LogP contribution >= 0.6 is 0 Å². The fourth-order valence-corrected chi connectivity index (χ4v) is 1.97. The van der Waals surface area contributed by atoms with Crippen LogP contribution in [0.3, 0.4) is 0 Å². The van der Waals surface area contributed by atoms with Gasteiger partial charge in [0, 0.05) is 25.3 Å². The van der Waals surface area contributed by atoms with Crippen molar-refractivity contribution >= 4 is 17.5 Å². The van der Waals surface area contributed by atoms with E-state index < -0.39 is 5.82 Å². The van der Waals surface area contributed by atoms with Gasteiger partial charge in [0.2, 0.25) is 5.91 Å². The van der Waals surface area contributed by atoms with Crippen molar-refractivity contribution in [3.63, 3.8) is 0 Å². The average Bonchev–Trinajstić information content (AvgIpc) is 2.49. The van der Waals surface area contributed by atoms with Gasteiger partial charge in [-0.05, 0) is 35.9 Å². The first kappa shape index (κ1) is 15.7. The maximum absolute atomic E-state index is 13.5. The van der Waals surface area contributed by atoms with Crippen LogP contribution in [0, 0.1) is 5.82 Å². The van der Waals surface area contributed by atoms with Crippen molar-refractivity contribution in [2.45, 2.75) is 6.42 Å². The Hall–Kier alpha value is -2.69. The molecule has 0 heterocycles. The summed E-state index contributed by atoms with van der Waals surface area (Å²) in [7, 11) is 3.35. The summed E-state index contributed by atoms with van der Waals surface area (Å²) in [6, 6.07) is 12.7. The molecule has 0 unspecified atom stereocenters. The number of carbonyl (C=O) groups excluding carboxylic acids is 2. The number of carbonyl (C=O) groups is 2. The average molecular weight is 300 g/mol. The molecule has 1 N–H and O–H groups in total. The lowest BCUT2D eigenvalue weighted by atomic mass is 10.1. The third-order valence-electron chi connectivity index (χ3n) is 3.13. The molecular weight excluding hydrogens is 283 g/mol. The van der Waals surface area contributed by atoms with Crippen molar-refractivity contribution in [3.05, 3.63) is 65.5 Å². The highest BCUT2D eigenvalue weighted by Crippen LogP contribution is 2.12. The Morgan fingerprint density at radius 3 is 2.27 bits per heavy atom. The molecule has 0 bridgehead atoms. The number of amides is 2. The SMILES string of the molecule is CN(C)C(=O)c1ccc(NC(=O)Cc2ccccc2F)cc1. The van der Waals surface area contributed by atoms with Gasteiger partial charge in [-0.3, -0.25) is 9.59 Å². The van der Waals surface area contributed by atoms with E-state index in [-0.39, 0.29) is 18.2 Å². The van der Waals surface area contributed by atoms with Gasteiger partial charge in [0.15, 0.2) is 0 Å². The molecule has 0 saturated heterocycles. The third kappa shape index (κ3) is 3.91. The zero-order chi connectivity index (χ0) is 16.1. The normalized spacial score (nSPS) is 10.1. The van der Waals surface area contributed by atoms with Crippen LogP contribution in [0.15, 0.2) is 48.5 Å². The predicted molar refractivity (Wildman–Crippen MR) is 83.2 cm³/mol. The number of nitrogens with zero attached hydrogens (tertiary/aromatic N) is 1. The van der Waals surface area contributed by atoms with Crippen LogP contribution in [-0.2, 0) is 11.2 Å². The molecule has 2 aromatic rings. The van der Waals surface area contributed by atoms with Gasteiger partial charge in [0.1, 0.15) is 5.82 Å². The highest BCUT2D eigenvalue weighted by Gasteiger charge is 2.10. The molecule has 4 nitrogen and oxygen atoms in total. The van der Waals surface area contributed by atoms with Gasteiger partial charge in [-0.15, -0.1) is 0 Å². The van der Waals surface area contributed by atoms with Crippen molar-refractivity contribution in [1.29, 1.82) is 0 Å². The Balaban J connectivity index is 2.00. The van der Waals surface area contributed by atoms with E-state index in [2.05, 4.69) is 5.32 Å². The molecule has 5 heteroatoms. The van der Waals surface area contributed by atoms with Gasteiger partial charge in [-0.2, -0.15) is 0 Å². The van der Waals surface area contributed by atoms with Crippen LogP contribution in [0.5, 0.6) is 0 Å². The molecule has 0 saturated carbocycles. The second kappa shape index (κ2) is 6.85. The summed E-state index contributed by atoms with van der Waals surface area (Å²) in [5, 5.41) is 2.68. The molecule has 2 aromatic carbocycles. The van der Waals surface area contributed by atoms with E-state index in [9.17, 15) is 14.0 Å². The summed E-state index contributed by atoms with van der Waals surface area (Å²) in [4.78, 5) is 25.1. The largest absolute Gasteiger partial charge is 0.345 e. The number of halogens is 1. The number of anilines is 1. The minimum Gasteiger partial charge on any atom is -0.345 e. The lowest BCUT2D eigenvalue weighted by Crippen LogP contribution is -2.21. The molecule has 0 fully saturated rings. The number of nitrogens with one attached hydrogen (secondary N) is 1. The molecule has 0 aromatic heterocycles. The molecule has 0 aliphatic heterocycles. The Morgan fingerprint density at radius 1 is 1.05 bits per heavy atom. The monoisotopic (exact) mass is 300 g/mol. The fourth-order valence-electron chi connectivity index (χ4n) is 1.97. The van der Waals surface area contributed by atoms with Gasteiger partial charge in [0.25, 0.3) is 5.91 Å². The molecule has 2 rings (SSSR count). The number of rotatable bonds is 4. The quantitative estimate of drug-likeness (QED) is 0.944. The van der Waals surface area contributed by atoms with Crippen molar-refractivity contribution in [1.82, 2.24) is 4.90 Å². The predicted octanol–water partition coefficient (Wildman–Crippen LogP) is 2.71. The molecule has 22 heavy (non-hydrogen) atoms.